The van der Waals surface area contributed by atoms with Gasteiger partial charge in [0.15, 0.2) is 13.3 Å². The van der Waals surface area contributed by atoms with E-state index in [1.54, 1.807) is 6.07 Å². The minimum atomic E-state index is -3.92. The molecule has 1 N–H and O–H groups in total. The summed E-state index contributed by atoms with van der Waals surface area (Å²) in [5.74, 6) is 3.14. The summed E-state index contributed by atoms with van der Waals surface area (Å²) in [5.41, 5.74) is 5.98. The second-order valence-electron chi connectivity index (χ2n) is 20.9. The number of nitrogens with zero attached hydrogens (tertiary/aromatic N) is 3. The van der Waals surface area contributed by atoms with Gasteiger partial charge in [0.25, 0.3) is 24.2 Å². The number of piperazine rings is 1. The van der Waals surface area contributed by atoms with E-state index in [2.05, 4.69) is 151 Å². The first-order chi connectivity index (χ1) is 29.5. The van der Waals surface area contributed by atoms with Crippen LogP contribution in [0.5, 0.6) is 0 Å². The average Bonchev–Trinajstić information content (AvgIpc) is 3.86. The number of amides is 1. The van der Waals surface area contributed by atoms with Gasteiger partial charge in [0.1, 0.15) is 13.1 Å². The SMILES string of the molecule is CC(C)(C)[Si](C)(C)OCCC1CN(S(=O)(=O)c2cc3cc(C#C[Si](C)(C)C)ccc3[nH]2)CCN1C(=O)c1nc2c(s1)CC(O[Si](c1ccccc1)(c1ccccc1)C(C)(C)C)CC2. The van der Waals surface area contributed by atoms with Crippen molar-refractivity contribution in [2.24, 2.45) is 0 Å². The molecular weight excluding hydrogens is 873 g/mol. The Bertz CT molecular complexity index is 2560. The number of fused-ring (bicyclic) bond motifs is 2. The molecule has 0 spiro atoms. The third kappa shape index (κ3) is 10.1. The highest BCUT2D eigenvalue weighted by molar-refractivity contribution is 7.89. The van der Waals surface area contributed by atoms with Gasteiger partial charge in [-0.3, -0.25) is 4.79 Å². The number of carbonyl (C=O) groups excluding carboxylic acids is 1. The highest BCUT2D eigenvalue weighted by Gasteiger charge is 2.52. The standard InChI is InChI=1S/C49H66N4O5S2Si3/c1-48(2,3)62(10,11)57-30-26-38-35-52(60(55,56)45-33-37-32-36(22-24-42(37)50-45)27-31-61(7,8)9)28-29-53(38)47(54)46-51-43-25-23-39(34-44(43)59-46)58-63(49(4,5)6,40-18-14-12-15-19-40)41-20-16-13-17-21-41/h12-22,24,32-33,38-39,50H,23,25-26,28-30,34-35H2,1-11H3. The van der Waals surface area contributed by atoms with E-state index >= 15 is 0 Å². The maximum absolute atomic E-state index is 14.7. The van der Waals surface area contributed by atoms with Gasteiger partial charge < -0.3 is 18.7 Å². The molecule has 2 aromatic heterocycles. The second-order valence-corrected chi connectivity index (χ2v) is 37.7. The largest absolute Gasteiger partial charge is 0.417 e. The molecule has 0 saturated carbocycles. The van der Waals surface area contributed by atoms with Crippen LogP contribution in [0.4, 0.5) is 0 Å². The van der Waals surface area contributed by atoms with Crippen LogP contribution in [-0.2, 0) is 31.7 Å². The highest BCUT2D eigenvalue weighted by atomic mass is 32.2. The fourth-order valence-electron chi connectivity index (χ4n) is 8.55. The maximum atomic E-state index is 14.7. The fourth-order valence-corrected chi connectivity index (χ4v) is 17.5. The number of aryl methyl sites for hydroxylation is 1. The van der Waals surface area contributed by atoms with Crippen molar-refractivity contribution >= 4 is 73.3 Å². The molecule has 2 unspecified atom stereocenters. The third-order valence-electron chi connectivity index (χ3n) is 13.1. The van der Waals surface area contributed by atoms with Crippen molar-refractivity contribution in [1.82, 2.24) is 19.2 Å². The Hall–Kier alpha value is -3.66. The van der Waals surface area contributed by atoms with Crippen molar-refractivity contribution in [3.05, 3.63) is 106 Å². The van der Waals surface area contributed by atoms with Crippen LogP contribution in [0, 0.1) is 11.5 Å². The highest BCUT2D eigenvalue weighted by Crippen LogP contribution is 2.41. The van der Waals surface area contributed by atoms with Crippen LogP contribution in [0.1, 0.15) is 80.3 Å². The Morgan fingerprint density at radius 3 is 2.14 bits per heavy atom. The smallest absolute Gasteiger partial charge is 0.283 e. The lowest BCUT2D eigenvalue weighted by atomic mass is 10.0. The Morgan fingerprint density at radius 2 is 1.54 bits per heavy atom. The zero-order valence-corrected chi connectivity index (χ0v) is 43.7. The van der Waals surface area contributed by atoms with Crippen molar-refractivity contribution in [3.8, 4) is 11.5 Å². The number of rotatable bonds is 11. The van der Waals surface area contributed by atoms with Crippen LogP contribution >= 0.6 is 11.3 Å². The Labute approximate surface area is 383 Å². The van der Waals surface area contributed by atoms with Crippen molar-refractivity contribution in [3.63, 3.8) is 0 Å². The minimum absolute atomic E-state index is 0.0129. The topological polar surface area (TPSA) is 105 Å². The zero-order chi connectivity index (χ0) is 45.6. The van der Waals surface area contributed by atoms with Crippen LogP contribution in [-0.4, -0.2) is 96.6 Å². The lowest BCUT2D eigenvalue weighted by Crippen LogP contribution is -2.68. The average molecular weight is 939 g/mol. The summed E-state index contributed by atoms with van der Waals surface area (Å²) < 4.78 is 44.5. The molecule has 1 fully saturated rings. The number of sulfonamides is 1. The molecule has 5 aromatic rings. The number of aromatic nitrogens is 2. The number of carbonyl (C=O) groups is 1. The zero-order valence-electron chi connectivity index (χ0n) is 39.1. The summed E-state index contributed by atoms with van der Waals surface area (Å²) >= 11 is 1.48. The van der Waals surface area contributed by atoms with Crippen molar-refractivity contribution in [2.45, 2.75) is 127 Å². The first kappa shape index (κ1) is 47.3. The summed E-state index contributed by atoms with van der Waals surface area (Å²) in [6.45, 7) is 25.6. The number of benzene rings is 3. The third-order valence-corrected chi connectivity index (χ3v) is 26.5. The predicted molar refractivity (Wildman–Crippen MR) is 267 cm³/mol. The number of thiazole rings is 1. The molecule has 14 heteroatoms. The molecule has 3 aromatic carbocycles. The molecule has 0 radical (unpaired) electrons. The summed E-state index contributed by atoms with van der Waals surface area (Å²) in [4.78, 5) is 25.8. The van der Waals surface area contributed by atoms with Gasteiger partial charge in [-0.1, -0.05) is 128 Å². The molecule has 2 aliphatic rings. The van der Waals surface area contributed by atoms with Gasteiger partial charge in [-0.25, -0.2) is 13.4 Å². The molecular formula is C49H66N4O5S2Si3. The summed E-state index contributed by atoms with van der Waals surface area (Å²) in [6.07, 6.45) is 2.72. The van der Waals surface area contributed by atoms with Crippen molar-refractivity contribution < 1.29 is 22.1 Å². The minimum Gasteiger partial charge on any atom is -0.417 e. The summed E-state index contributed by atoms with van der Waals surface area (Å²) in [6, 6.07) is 28.6. The summed E-state index contributed by atoms with van der Waals surface area (Å²) in [5, 5.41) is 3.77. The fraction of sp³-hybridized carbons (Fsp3) is 0.469. The quantitative estimate of drug-likeness (QED) is 0.105. The first-order valence-corrected chi connectivity index (χ1v) is 32.9. The number of aromatic amines is 1. The lowest BCUT2D eigenvalue weighted by molar-refractivity contribution is 0.0522. The molecule has 9 nitrogen and oxygen atoms in total. The molecule has 336 valence electrons. The molecule has 63 heavy (non-hydrogen) atoms. The normalized spacial score (nSPS) is 18.2. The van der Waals surface area contributed by atoms with Gasteiger partial charge >= 0.3 is 0 Å². The van der Waals surface area contributed by atoms with Crippen molar-refractivity contribution in [2.75, 3.05) is 26.2 Å². The van der Waals surface area contributed by atoms with Crippen molar-refractivity contribution in [1.29, 1.82) is 0 Å². The van der Waals surface area contributed by atoms with E-state index in [0.717, 1.165) is 39.9 Å². The number of H-pyrrole nitrogens is 1. The number of hydrogen-bond donors (Lipinski definition) is 1. The van der Waals surface area contributed by atoms with Gasteiger partial charge in [0, 0.05) is 60.0 Å². The molecule has 0 bridgehead atoms. The van der Waals surface area contributed by atoms with E-state index in [9.17, 15) is 13.2 Å². The molecule has 3 heterocycles. The van der Waals surface area contributed by atoms with E-state index in [4.69, 9.17) is 13.8 Å². The maximum Gasteiger partial charge on any atom is 0.283 e. The van der Waals surface area contributed by atoms with Crippen LogP contribution in [0.15, 0.2) is 90.0 Å². The van der Waals surface area contributed by atoms with Crippen LogP contribution in [0.25, 0.3) is 10.9 Å². The molecule has 1 aliphatic carbocycles. The van der Waals surface area contributed by atoms with E-state index in [-0.39, 0.29) is 46.7 Å². The van der Waals surface area contributed by atoms with E-state index in [1.807, 2.05) is 23.1 Å². The second kappa shape index (κ2) is 18.0. The Morgan fingerprint density at radius 1 is 0.889 bits per heavy atom. The molecule has 1 aliphatic heterocycles. The van der Waals surface area contributed by atoms with Crippen LogP contribution in [0.3, 0.4) is 0 Å². The molecule has 7 rings (SSSR count). The van der Waals surface area contributed by atoms with Crippen LogP contribution in [0.2, 0.25) is 42.8 Å². The molecule has 1 amide bonds. The van der Waals surface area contributed by atoms with E-state index in [0.29, 0.717) is 24.5 Å². The Balaban J connectivity index is 1.13. The van der Waals surface area contributed by atoms with Gasteiger partial charge in [-0.15, -0.1) is 16.9 Å². The Kier molecular flexibility index (Phi) is 13.5. The number of nitrogens with one attached hydrogen (secondary N) is 1. The van der Waals surface area contributed by atoms with Gasteiger partial charge in [0.2, 0.25) is 0 Å². The van der Waals surface area contributed by atoms with Gasteiger partial charge in [-0.05, 0) is 77.1 Å². The van der Waals surface area contributed by atoms with Gasteiger partial charge in [-0.2, -0.15) is 4.31 Å². The monoisotopic (exact) mass is 938 g/mol. The first-order valence-electron chi connectivity index (χ1n) is 22.4. The van der Waals surface area contributed by atoms with E-state index < -0.39 is 40.8 Å². The lowest BCUT2D eigenvalue weighted by Gasteiger charge is -2.45. The molecule has 2 atom stereocenters. The number of hydrogen-bond acceptors (Lipinski definition) is 7. The predicted octanol–water partition coefficient (Wildman–Crippen LogP) is 9.21. The molecule has 1 saturated heterocycles. The van der Waals surface area contributed by atoms with Gasteiger partial charge in [0.05, 0.1) is 11.8 Å². The van der Waals surface area contributed by atoms with Crippen LogP contribution < -0.4 is 10.4 Å². The summed E-state index contributed by atoms with van der Waals surface area (Å²) in [7, 11) is -10.4. The van der Waals surface area contributed by atoms with E-state index in [1.165, 1.54) is 26.0 Å².